The van der Waals surface area contributed by atoms with E-state index in [2.05, 4.69) is 10.6 Å². The van der Waals surface area contributed by atoms with Crippen molar-refractivity contribution in [3.63, 3.8) is 0 Å². The Kier molecular flexibility index (Phi) is 8.36. The van der Waals surface area contributed by atoms with Crippen molar-refractivity contribution in [2.24, 2.45) is 0 Å². The number of likely N-dealkylation sites (N-methyl/N-ethyl adjacent to an activating group) is 1. The van der Waals surface area contributed by atoms with Crippen molar-refractivity contribution in [1.82, 2.24) is 10.6 Å². The topological polar surface area (TPSA) is 41.1 Å². The molecule has 0 aliphatic heterocycles. The maximum atomic E-state index is 12.4. The molecule has 1 rings (SSSR count). The van der Waals surface area contributed by atoms with Gasteiger partial charge in [-0.2, -0.15) is 13.2 Å². The first-order valence-electron chi connectivity index (χ1n) is 6.43. The largest absolute Gasteiger partial charge is 0.416 e. The van der Waals surface area contributed by atoms with E-state index >= 15 is 0 Å². The highest BCUT2D eigenvalue weighted by Crippen LogP contribution is 2.30. The van der Waals surface area contributed by atoms with Crippen LogP contribution in [0.3, 0.4) is 0 Å². The fraction of sp³-hybridized carbons (Fsp3) is 0.500. The van der Waals surface area contributed by atoms with Gasteiger partial charge in [-0.15, -0.1) is 12.4 Å². The average molecular weight is 325 g/mol. The van der Waals surface area contributed by atoms with Gasteiger partial charge in [-0.1, -0.05) is 19.1 Å². The quantitative estimate of drug-likeness (QED) is 0.790. The lowest BCUT2D eigenvalue weighted by Gasteiger charge is -2.13. The maximum absolute atomic E-state index is 12.4. The maximum Gasteiger partial charge on any atom is 0.416 e. The second-order valence-corrected chi connectivity index (χ2v) is 4.68. The van der Waals surface area contributed by atoms with E-state index in [0.717, 1.165) is 17.7 Å². The SMILES string of the molecule is CNCCNC(=O)CC(C)c1ccc(C(F)(F)F)cc1.Cl. The number of carbonyl (C=O) groups is 1. The summed E-state index contributed by atoms with van der Waals surface area (Å²) in [7, 11) is 1.79. The minimum atomic E-state index is -4.33. The van der Waals surface area contributed by atoms with E-state index in [1.807, 2.05) is 6.92 Å². The molecule has 2 N–H and O–H groups in total. The zero-order valence-corrected chi connectivity index (χ0v) is 12.8. The van der Waals surface area contributed by atoms with Crippen molar-refractivity contribution in [1.29, 1.82) is 0 Å². The molecule has 0 saturated heterocycles. The molecule has 0 bridgehead atoms. The highest BCUT2D eigenvalue weighted by atomic mass is 35.5. The summed E-state index contributed by atoms with van der Waals surface area (Å²) in [5, 5.41) is 5.65. The van der Waals surface area contributed by atoms with Crippen LogP contribution < -0.4 is 10.6 Å². The van der Waals surface area contributed by atoms with Crippen LogP contribution in [0.4, 0.5) is 13.2 Å². The van der Waals surface area contributed by atoms with Crippen LogP contribution >= 0.6 is 12.4 Å². The Labute approximate surface area is 128 Å². The first kappa shape index (κ1) is 19.7. The molecule has 1 unspecified atom stereocenters. The standard InChI is InChI=1S/C14H19F3N2O.ClH/c1-10(9-13(20)19-8-7-18-2)11-3-5-12(6-4-11)14(15,16)17;/h3-6,10,18H,7-9H2,1-2H3,(H,19,20);1H. The number of hydrogen-bond acceptors (Lipinski definition) is 2. The summed E-state index contributed by atoms with van der Waals surface area (Å²) in [6.07, 6.45) is -4.07. The average Bonchev–Trinajstić information content (AvgIpc) is 2.38. The number of alkyl halides is 3. The van der Waals surface area contributed by atoms with Gasteiger partial charge >= 0.3 is 6.18 Å². The molecule has 0 aliphatic rings. The summed E-state index contributed by atoms with van der Waals surface area (Å²) in [5.41, 5.74) is 0.0497. The molecule has 0 aromatic heterocycles. The fourth-order valence-electron chi connectivity index (χ4n) is 1.80. The summed E-state index contributed by atoms with van der Waals surface area (Å²) in [5.74, 6) is -0.223. The third-order valence-corrected chi connectivity index (χ3v) is 3.00. The van der Waals surface area contributed by atoms with Gasteiger partial charge in [-0.25, -0.2) is 0 Å². The van der Waals surface area contributed by atoms with Crippen molar-refractivity contribution < 1.29 is 18.0 Å². The second-order valence-electron chi connectivity index (χ2n) is 4.68. The minimum Gasteiger partial charge on any atom is -0.355 e. The van der Waals surface area contributed by atoms with Crippen molar-refractivity contribution >= 4 is 18.3 Å². The van der Waals surface area contributed by atoms with Crippen molar-refractivity contribution in [3.8, 4) is 0 Å². The molecular formula is C14H20ClF3N2O. The predicted octanol–water partition coefficient (Wildman–Crippen LogP) is 2.96. The van der Waals surface area contributed by atoms with Crippen LogP contribution in [0.15, 0.2) is 24.3 Å². The molecule has 0 fully saturated rings. The molecule has 7 heteroatoms. The molecule has 3 nitrogen and oxygen atoms in total. The molecule has 1 aromatic rings. The molecular weight excluding hydrogens is 305 g/mol. The first-order valence-corrected chi connectivity index (χ1v) is 6.43. The fourth-order valence-corrected chi connectivity index (χ4v) is 1.80. The van der Waals surface area contributed by atoms with E-state index in [1.165, 1.54) is 12.1 Å². The number of amides is 1. The summed E-state index contributed by atoms with van der Waals surface area (Å²) in [6.45, 7) is 3.04. The number of nitrogens with one attached hydrogen (secondary N) is 2. The van der Waals surface area contributed by atoms with Gasteiger partial charge < -0.3 is 10.6 Å². The first-order chi connectivity index (χ1) is 9.34. The Morgan fingerprint density at radius 3 is 2.24 bits per heavy atom. The molecule has 1 amide bonds. The lowest BCUT2D eigenvalue weighted by molar-refractivity contribution is -0.137. The summed E-state index contributed by atoms with van der Waals surface area (Å²) < 4.78 is 37.3. The second kappa shape index (κ2) is 8.89. The van der Waals surface area contributed by atoms with Gasteiger partial charge in [0.05, 0.1) is 5.56 Å². The minimum absolute atomic E-state index is 0. The molecule has 120 valence electrons. The third kappa shape index (κ3) is 6.82. The van der Waals surface area contributed by atoms with Crippen LogP contribution in [-0.4, -0.2) is 26.0 Å². The number of hydrogen-bond donors (Lipinski definition) is 2. The smallest absolute Gasteiger partial charge is 0.355 e. The van der Waals surface area contributed by atoms with Gasteiger partial charge in [0.15, 0.2) is 0 Å². The van der Waals surface area contributed by atoms with Crippen LogP contribution in [0.2, 0.25) is 0 Å². The molecule has 0 aliphatic carbocycles. The van der Waals surface area contributed by atoms with Gasteiger partial charge in [0, 0.05) is 19.5 Å². The van der Waals surface area contributed by atoms with Gasteiger partial charge in [0.25, 0.3) is 0 Å². The molecule has 21 heavy (non-hydrogen) atoms. The van der Waals surface area contributed by atoms with Crippen molar-refractivity contribution in [2.45, 2.75) is 25.4 Å². The number of rotatable bonds is 6. The van der Waals surface area contributed by atoms with Crippen LogP contribution in [-0.2, 0) is 11.0 Å². The normalized spacial score (nSPS) is 12.4. The third-order valence-electron chi connectivity index (χ3n) is 3.00. The molecule has 0 radical (unpaired) electrons. The molecule has 0 spiro atoms. The van der Waals surface area contributed by atoms with E-state index < -0.39 is 11.7 Å². The van der Waals surface area contributed by atoms with Gasteiger partial charge in [-0.05, 0) is 30.7 Å². The van der Waals surface area contributed by atoms with E-state index in [1.54, 1.807) is 7.05 Å². The van der Waals surface area contributed by atoms with Crippen molar-refractivity contribution in [3.05, 3.63) is 35.4 Å². The van der Waals surface area contributed by atoms with Gasteiger partial charge in [0.2, 0.25) is 5.91 Å². The molecule has 0 heterocycles. The van der Waals surface area contributed by atoms with E-state index in [-0.39, 0.29) is 30.7 Å². The van der Waals surface area contributed by atoms with Crippen LogP contribution in [0.25, 0.3) is 0 Å². The Bertz CT molecular complexity index is 435. The van der Waals surface area contributed by atoms with Crippen LogP contribution in [0, 0.1) is 0 Å². The van der Waals surface area contributed by atoms with Crippen LogP contribution in [0.5, 0.6) is 0 Å². The Morgan fingerprint density at radius 1 is 1.19 bits per heavy atom. The van der Waals surface area contributed by atoms with E-state index in [9.17, 15) is 18.0 Å². The predicted molar refractivity (Wildman–Crippen MR) is 78.7 cm³/mol. The molecule has 0 saturated carbocycles. The number of benzene rings is 1. The summed E-state index contributed by atoms with van der Waals surface area (Å²) >= 11 is 0. The Hall–Kier alpha value is -1.27. The summed E-state index contributed by atoms with van der Waals surface area (Å²) in [4.78, 5) is 11.6. The zero-order chi connectivity index (χ0) is 15.2. The van der Waals surface area contributed by atoms with Crippen molar-refractivity contribution in [2.75, 3.05) is 20.1 Å². The van der Waals surface area contributed by atoms with Gasteiger partial charge in [-0.3, -0.25) is 4.79 Å². The highest BCUT2D eigenvalue weighted by molar-refractivity contribution is 5.85. The zero-order valence-electron chi connectivity index (χ0n) is 12.0. The lowest BCUT2D eigenvalue weighted by atomic mass is 9.96. The van der Waals surface area contributed by atoms with Gasteiger partial charge in [0.1, 0.15) is 0 Å². The highest BCUT2D eigenvalue weighted by Gasteiger charge is 2.30. The van der Waals surface area contributed by atoms with E-state index in [4.69, 9.17) is 0 Å². The lowest BCUT2D eigenvalue weighted by Crippen LogP contribution is -2.31. The number of halogens is 4. The Morgan fingerprint density at radius 2 is 1.76 bits per heavy atom. The molecule has 1 aromatic carbocycles. The molecule has 1 atom stereocenters. The number of carbonyl (C=O) groups excluding carboxylic acids is 1. The Balaban J connectivity index is 0.00000400. The summed E-state index contributed by atoms with van der Waals surface area (Å²) in [6, 6.07) is 4.94. The monoisotopic (exact) mass is 324 g/mol. The van der Waals surface area contributed by atoms with E-state index in [0.29, 0.717) is 13.1 Å². The van der Waals surface area contributed by atoms with Crippen LogP contribution in [0.1, 0.15) is 30.4 Å².